The Morgan fingerprint density at radius 2 is 1.73 bits per heavy atom. The van der Waals surface area contributed by atoms with Gasteiger partial charge in [-0.3, -0.25) is 14.0 Å². The van der Waals surface area contributed by atoms with Crippen LogP contribution in [0, 0.1) is 0 Å². The van der Waals surface area contributed by atoms with Crippen molar-refractivity contribution in [3.05, 3.63) is 53.1 Å². The molecule has 5 aromatic rings. The van der Waals surface area contributed by atoms with Crippen molar-refractivity contribution in [3.63, 3.8) is 0 Å². The standard InChI is InChI=1S/C26H31N9O4.C2H6/c1-31-21-23(29-25(27)35-24(21)28-22(30-35)20-4-3-15-39-20)34(26(31)36)14-11-32-9-12-33(13-10-32)18-5-7-19(8-6-18)38-17-16-37-2;1-2/h3-8,15H,9-14,16-17H2,1-2H3,(H2,27,29);1-2H3. The number of methoxy groups -OCH3 is 1. The Morgan fingerprint density at radius 1 is 0.976 bits per heavy atom. The highest BCUT2D eigenvalue weighted by Gasteiger charge is 2.23. The van der Waals surface area contributed by atoms with Crippen molar-refractivity contribution >= 4 is 28.4 Å². The van der Waals surface area contributed by atoms with Crippen LogP contribution in [0.15, 0.2) is 51.9 Å². The number of ether oxygens (including phenoxy) is 2. The third-order valence-electron chi connectivity index (χ3n) is 7.09. The van der Waals surface area contributed by atoms with Gasteiger partial charge in [-0.2, -0.15) is 9.50 Å². The Morgan fingerprint density at radius 3 is 2.41 bits per heavy atom. The van der Waals surface area contributed by atoms with E-state index in [1.54, 1.807) is 41.7 Å². The molecule has 1 fully saturated rings. The summed E-state index contributed by atoms with van der Waals surface area (Å²) in [5, 5.41) is 4.43. The number of benzene rings is 1. The first-order chi connectivity index (χ1) is 20.0. The molecule has 1 saturated heterocycles. The van der Waals surface area contributed by atoms with Gasteiger partial charge >= 0.3 is 5.69 Å². The molecule has 1 aliphatic heterocycles. The molecule has 0 aliphatic carbocycles. The van der Waals surface area contributed by atoms with Gasteiger partial charge in [0, 0.05) is 59.1 Å². The monoisotopic (exact) mass is 563 g/mol. The maximum absolute atomic E-state index is 13.2. The van der Waals surface area contributed by atoms with E-state index in [2.05, 4.69) is 37.0 Å². The fourth-order valence-corrected chi connectivity index (χ4v) is 4.97. The zero-order valence-corrected chi connectivity index (χ0v) is 24.0. The fraction of sp³-hybridized carbons (Fsp3) is 0.429. The quantitative estimate of drug-likeness (QED) is 0.267. The topological polar surface area (TPSA) is 134 Å². The molecule has 1 aromatic carbocycles. The number of imidazole rings is 1. The summed E-state index contributed by atoms with van der Waals surface area (Å²) >= 11 is 0. The number of hydrogen-bond acceptors (Lipinski definition) is 10. The minimum atomic E-state index is -0.168. The summed E-state index contributed by atoms with van der Waals surface area (Å²) in [5.74, 6) is 1.89. The third-order valence-corrected chi connectivity index (χ3v) is 7.09. The SMILES string of the molecule is CC.COCCOc1ccc(N2CCN(CCn3c(=O)n(C)c4c3nc(N)n3nc(-c5ccco5)nc43)CC2)cc1. The van der Waals surface area contributed by atoms with Crippen LogP contribution in [0.2, 0.25) is 0 Å². The van der Waals surface area contributed by atoms with E-state index in [9.17, 15) is 4.79 Å². The molecule has 2 N–H and O–H groups in total. The van der Waals surface area contributed by atoms with Gasteiger partial charge in [0.2, 0.25) is 11.8 Å². The Balaban J connectivity index is 0.00000165. The Labute approximate surface area is 237 Å². The minimum Gasteiger partial charge on any atom is -0.491 e. The van der Waals surface area contributed by atoms with Crippen molar-refractivity contribution in [2.24, 2.45) is 7.05 Å². The van der Waals surface area contributed by atoms with Gasteiger partial charge in [-0.15, -0.1) is 5.10 Å². The molecule has 0 bridgehead atoms. The number of piperazine rings is 1. The van der Waals surface area contributed by atoms with E-state index < -0.39 is 0 Å². The van der Waals surface area contributed by atoms with Crippen molar-refractivity contribution in [1.29, 1.82) is 0 Å². The molecule has 41 heavy (non-hydrogen) atoms. The van der Waals surface area contributed by atoms with Gasteiger partial charge in [-0.1, -0.05) is 13.8 Å². The van der Waals surface area contributed by atoms with Crippen molar-refractivity contribution in [2.45, 2.75) is 20.4 Å². The number of nitrogens with zero attached hydrogens (tertiary/aromatic N) is 8. The van der Waals surface area contributed by atoms with Crippen LogP contribution in [0.5, 0.6) is 5.75 Å². The first kappa shape index (κ1) is 28.2. The Hall–Kier alpha value is -4.36. The predicted molar refractivity (Wildman–Crippen MR) is 157 cm³/mol. The molecule has 4 aromatic heterocycles. The van der Waals surface area contributed by atoms with Gasteiger partial charge in [-0.05, 0) is 36.4 Å². The molecule has 0 atom stereocenters. The van der Waals surface area contributed by atoms with E-state index in [1.165, 1.54) is 10.2 Å². The lowest BCUT2D eigenvalue weighted by Gasteiger charge is -2.36. The van der Waals surface area contributed by atoms with Gasteiger partial charge < -0.3 is 24.5 Å². The predicted octanol–water partition coefficient (Wildman–Crippen LogP) is 2.49. The van der Waals surface area contributed by atoms with Crippen LogP contribution in [0.4, 0.5) is 11.6 Å². The number of hydrogen-bond donors (Lipinski definition) is 1. The van der Waals surface area contributed by atoms with Crippen molar-refractivity contribution < 1.29 is 13.9 Å². The van der Waals surface area contributed by atoms with Crippen LogP contribution in [-0.2, 0) is 18.3 Å². The van der Waals surface area contributed by atoms with Gasteiger partial charge in [0.1, 0.15) is 17.9 Å². The fourth-order valence-electron chi connectivity index (χ4n) is 4.97. The molecule has 6 rings (SSSR count). The number of nitrogen functional groups attached to an aromatic ring is 1. The van der Waals surface area contributed by atoms with Gasteiger partial charge in [0.05, 0.1) is 12.9 Å². The lowest BCUT2D eigenvalue weighted by Crippen LogP contribution is -2.47. The molecule has 5 heterocycles. The van der Waals surface area contributed by atoms with Crippen LogP contribution in [0.1, 0.15) is 13.8 Å². The normalized spacial score (nSPS) is 14.0. The first-order valence-corrected chi connectivity index (χ1v) is 13.9. The molecule has 0 saturated carbocycles. The lowest BCUT2D eigenvalue weighted by atomic mass is 10.2. The lowest BCUT2D eigenvalue weighted by molar-refractivity contribution is 0.146. The second-order valence-electron chi connectivity index (χ2n) is 9.45. The summed E-state index contributed by atoms with van der Waals surface area (Å²) < 4.78 is 20.8. The molecule has 218 valence electrons. The number of aromatic nitrogens is 6. The number of furan rings is 1. The van der Waals surface area contributed by atoms with Crippen LogP contribution < -0.4 is 21.1 Å². The maximum atomic E-state index is 13.2. The summed E-state index contributed by atoms with van der Waals surface area (Å²) in [6, 6.07) is 11.7. The molecule has 13 nitrogen and oxygen atoms in total. The van der Waals surface area contributed by atoms with Crippen LogP contribution >= 0.6 is 0 Å². The van der Waals surface area contributed by atoms with E-state index in [0.29, 0.717) is 48.2 Å². The van der Waals surface area contributed by atoms with Crippen LogP contribution in [0.3, 0.4) is 0 Å². The highest BCUT2D eigenvalue weighted by Crippen LogP contribution is 2.24. The number of fused-ring (bicyclic) bond motifs is 3. The molecule has 0 radical (unpaired) electrons. The highest BCUT2D eigenvalue weighted by atomic mass is 16.5. The van der Waals surface area contributed by atoms with E-state index in [0.717, 1.165) is 38.5 Å². The third kappa shape index (κ3) is 5.63. The number of anilines is 2. The number of nitrogens with two attached hydrogens (primary N) is 1. The average molecular weight is 564 g/mol. The van der Waals surface area contributed by atoms with Gasteiger partial charge in [0.25, 0.3) is 0 Å². The maximum Gasteiger partial charge on any atom is 0.330 e. The number of aryl methyl sites for hydroxylation is 1. The second-order valence-corrected chi connectivity index (χ2v) is 9.45. The van der Waals surface area contributed by atoms with Gasteiger partial charge in [-0.25, -0.2) is 9.78 Å². The zero-order chi connectivity index (χ0) is 28.9. The second kappa shape index (κ2) is 12.4. The minimum absolute atomic E-state index is 0.158. The van der Waals surface area contributed by atoms with Crippen LogP contribution in [-0.4, -0.2) is 86.7 Å². The van der Waals surface area contributed by atoms with Crippen molar-refractivity contribution in [2.75, 3.05) is 63.7 Å². The zero-order valence-electron chi connectivity index (χ0n) is 24.0. The summed E-state index contributed by atoms with van der Waals surface area (Å²) in [5.41, 5.74) is 8.78. The smallest absolute Gasteiger partial charge is 0.330 e. The summed E-state index contributed by atoms with van der Waals surface area (Å²) in [6.45, 7) is 9.89. The summed E-state index contributed by atoms with van der Waals surface area (Å²) in [4.78, 5) is 27.1. The van der Waals surface area contributed by atoms with Crippen LogP contribution in [0.25, 0.3) is 28.4 Å². The number of rotatable bonds is 9. The molecule has 0 spiro atoms. The Kier molecular flexibility index (Phi) is 8.55. The van der Waals surface area contributed by atoms with E-state index in [1.807, 2.05) is 26.0 Å². The molecular formula is C28H37N9O4. The van der Waals surface area contributed by atoms with Crippen molar-refractivity contribution in [1.82, 2.24) is 33.6 Å². The van der Waals surface area contributed by atoms with E-state index in [-0.39, 0.29) is 11.6 Å². The van der Waals surface area contributed by atoms with E-state index >= 15 is 0 Å². The van der Waals surface area contributed by atoms with Crippen molar-refractivity contribution in [3.8, 4) is 17.3 Å². The molecule has 0 unspecified atom stereocenters. The molecule has 13 heteroatoms. The first-order valence-electron chi connectivity index (χ1n) is 13.9. The average Bonchev–Trinajstić information content (AvgIpc) is 3.74. The summed E-state index contributed by atoms with van der Waals surface area (Å²) in [6.07, 6.45) is 1.56. The molecule has 0 amide bonds. The molecular weight excluding hydrogens is 526 g/mol. The van der Waals surface area contributed by atoms with Gasteiger partial charge in [0.15, 0.2) is 17.1 Å². The highest BCUT2D eigenvalue weighted by molar-refractivity contribution is 5.88. The van der Waals surface area contributed by atoms with E-state index in [4.69, 9.17) is 19.6 Å². The molecule has 1 aliphatic rings. The Bertz CT molecular complexity index is 1630. The summed E-state index contributed by atoms with van der Waals surface area (Å²) in [7, 11) is 3.38. The largest absolute Gasteiger partial charge is 0.491 e.